The Balaban J connectivity index is 2.25. The lowest BCUT2D eigenvalue weighted by Gasteiger charge is -2.05. The van der Waals surface area contributed by atoms with Crippen molar-refractivity contribution in [3.8, 4) is 0 Å². The molecule has 0 bridgehead atoms. The molecule has 0 saturated carbocycles. The van der Waals surface area contributed by atoms with Gasteiger partial charge in [0.2, 0.25) is 0 Å². The number of fused-ring (bicyclic) bond motifs is 1. The summed E-state index contributed by atoms with van der Waals surface area (Å²) >= 11 is 1.62. The first-order valence-corrected chi connectivity index (χ1v) is 7.43. The Morgan fingerprint density at radius 3 is 2.95 bits per heavy atom. The molecule has 0 spiro atoms. The molecule has 0 radical (unpaired) electrons. The molecule has 0 aliphatic heterocycles. The number of aromatic nitrogens is 4. The summed E-state index contributed by atoms with van der Waals surface area (Å²) in [6, 6.07) is 0. The van der Waals surface area contributed by atoms with Crippen LogP contribution in [0.15, 0.2) is 11.5 Å². The SMILES string of the molecule is CCCSc1nc(N)c2ncn(CCOCC)c2n1. The summed E-state index contributed by atoms with van der Waals surface area (Å²) in [6.45, 7) is 6.18. The van der Waals surface area contributed by atoms with Crippen LogP contribution in [0, 0.1) is 0 Å². The van der Waals surface area contributed by atoms with Gasteiger partial charge in [0.1, 0.15) is 5.52 Å². The number of rotatable bonds is 7. The molecular formula is C12H19N5OS. The van der Waals surface area contributed by atoms with Crippen LogP contribution in [-0.2, 0) is 11.3 Å². The maximum atomic E-state index is 5.93. The molecule has 2 rings (SSSR count). The number of anilines is 1. The van der Waals surface area contributed by atoms with Crippen LogP contribution in [0.3, 0.4) is 0 Å². The molecule has 104 valence electrons. The predicted molar refractivity (Wildman–Crippen MR) is 77.2 cm³/mol. The molecule has 6 nitrogen and oxygen atoms in total. The first-order chi connectivity index (χ1) is 9.26. The lowest BCUT2D eigenvalue weighted by Crippen LogP contribution is -2.06. The first kappa shape index (κ1) is 14.1. The van der Waals surface area contributed by atoms with Gasteiger partial charge in [0, 0.05) is 18.9 Å². The van der Waals surface area contributed by atoms with Crippen LogP contribution in [-0.4, -0.2) is 38.5 Å². The second-order valence-electron chi connectivity index (χ2n) is 4.05. The van der Waals surface area contributed by atoms with Gasteiger partial charge in [-0.1, -0.05) is 18.7 Å². The summed E-state index contributed by atoms with van der Waals surface area (Å²) in [4.78, 5) is 13.1. The zero-order valence-corrected chi connectivity index (χ0v) is 12.1. The quantitative estimate of drug-likeness (QED) is 0.475. The predicted octanol–water partition coefficient (Wildman–Crippen LogP) is 1.95. The highest BCUT2D eigenvalue weighted by Gasteiger charge is 2.11. The van der Waals surface area contributed by atoms with Crippen molar-refractivity contribution in [2.24, 2.45) is 0 Å². The zero-order chi connectivity index (χ0) is 13.7. The van der Waals surface area contributed by atoms with Crippen molar-refractivity contribution < 1.29 is 4.74 Å². The van der Waals surface area contributed by atoms with Crippen molar-refractivity contribution in [3.05, 3.63) is 6.33 Å². The molecule has 2 N–H and O–H groups in total. The third kappa shape index (κ3) is 3.36. The van der Waals surface area contributed by atoms with Crippen LogP contribution in [0.25, 0.3) is 11.2 Å². The lowest BCUT2D eigenvalue weighted by molar-refractivity contribution is 0.139. The second kappa shape index (κ2) is 6.72. The van der Waals surface area contributed by atoms with Crippen molar-refractivity contribution in [3.63, 3.8) is 0 Å². The van der Waals surface area contributed by atoms with Crippen molar-refractivity contribution in [2.75, 3.05) is 24.7 Å². The van der Waals surface area contributed by atoms with E-state index in [9.17, 15) is 0 Å². The van der Waals surface area contributed by atoms with Gasteiger partial charge in [0.15, 0.2) is 16.6 Å². The van der Waals surface area contributed by atoms with Gasteiger partial charge in [-0.05, 0) is 13.3 Å². The fourth-order valence-electron chi connectivity index (χ4n) is 1.67. The smallest absolute Gasteiger partial charge is 0.191 e. The van der Waals surface area contributed by atoms with Crippen LogP contribution in [0.1, 0.15) is 20.3 Å². The van der Waals surface area contributed by atoms with E-state index in [1.165, 1.54) is 0 Å². The fourth-order valence-corrected chi connectivity index (χ4v) is 2.37. The topological polar surface area (TPSA) is 78.8 Å². The third-order valence-corrected chi connectivity index (χ3v) is 3.64. The second-order valence-corrected chi connectivity index (χ2v) is 5.11. The minimum Gasteiger partial charge on any atom is -0.382 e. The molecule has 0 atom stereocenters. The van der Waals surface area contributed by atoms with E-state index in [0.29, 0.717) is 29.7 Å². The molecule has 19 heavy (non-hydrogen) atoms. The van der Waals surface area contributed by atoms with Crippen molar-refractivity contribution in [1.82, 2.24) is 19.5 Å². The zero-order valence-electron chi connectivity index (χ0n) is 11.3. The summed E-state index contributed by atoms with van der Waals surface area (Å²) in [5, 5.41) is 0.713. The van der Waals surface area contributed by atoms with E-state index in [1.807, 2.05) is 11.5 Å². The molecule has 2 aromatic rings. The normalized spacial score (nSPS) is 11.3. The Labute approximate surface area is 116 Å². The summed E-state index contributed by atoms with van der Waals surface area (Å²) < 4.78 is 7.31. The molecule has 2 aromatic heterocycles. The number of nitrogen functional groups attached to an aromatic ring is 1. The average Bonchev–Trinajstić information content (AvgIpc) is 2.81. The summed E-state index contributed by atoms with van der Waals surface area (Å²) in [5.74, 6) is 1.43. The van der Waals surface area contributed by atoms with Gasteiger partial charge in [0.25, 0.3) is 0 Å². The van der Waals surface area contributed by atoms with E-state index in [1.54, 1.807) is 18.1 Å². The number of thioether (sulfide) groups is 1. The van der Waals surface area contributed by atoms with Crippen molar-refractivity contribution in [1.29, 1.82) is 0 Å². The van der Waals surface area contributed by atoms with Crippen molar-refractivity contribution in [2.45, 2.75) is 32.0 Å². The van der Waals surface area contributed by atoms with Gasteiger partial charge in [0.05, 0.1) is 12.9 Å². The monoisotopic (exact) mass is 281 g/mol. The van der Waals surface area contributed by atoms with E-state index < -0.39 is 0 Å². The molecule has 0 aliphatic carbocycles. The first-order valence-electron chi connectivity index (χ1n) is 6.45. The van der Waals surface area contributed by atoms with Gasteiger partial charge in [-0.25, -0.2) is 15.0 Å². The Morgan fingerprint density at radius 2 is 2.21 bits per heavy atom. The Bertz CT molecular complexity index is 542. The van der Waals surface area contributed by atoms with Crippen LogP contribution in [0.4, 0.5) is 5.82 Å². The summed E-state index contributed by atoms with van der Waals surface area (Å²) in [7, 11) is 0. The van der Waals surface area contributed by atoms with Gasteiger partial charge in [-0.15, -0.1) is 0 Å². The van der Waals surface area contributed by atoms with Crippen LogP contribution in [0.2, 0.25) is 0 Å². The highest BCUT2D eigenvalue weighted by molar-refractivity contribution is 7.99. The third-order valence-electron chi connectivity index (χ3n) is 2.59. The van der Waals surface area contributed by atoms with E-state index in [4.69, 9.17) is 10.5 Å². The van der Waals surface area contributed by atoms with Crippen LogP contribution >= 0.6 is 11.8 Å². The van der Waals surface area contributed by atoms with Gasteiger partial charge in [-0.2, -0.15) is 0 Å². The number of nitrogens with two attached hydrogens (primary N) is 1. The number of ether oxygens (including phenoxy) is 1. The van der Waals surface area contributed by atoms with E-state index in [0.717, 1.165) is 24.4 Å². The standard InChI is InChI=1S/C12H19N5OS/c1-3-7-19-12-15-10(13)9-11(16-12)17(8-14-9)5-6-18-4-2/h8H,3-7H2,1-2H3,(H2,13,15,16). The van der Waals surface area contributed by atoms with E-state index in [2.05, 4.69) is 21.9 Å². The number of nitrogens with zero attached hydrogens (tertiary/aromatic N) is 4. The number of imidazole rings is 1. The molecule has 0 aliphatic rings. The lowest BCUT2D eigenvalue weighted by atomic mass is 10.5. The molecule has 0 unspecified atom stereocenters. The molecular weight excluding hydrogens is 262 g/mol. The highest BCUT2D eigenvalue weighted by atomic mass is 32.2. The Kier molecular flexibility index (Phi) is 4.98. The minimum absolute atomic E-state index is 0.443. The maximum absolute atomic E-state index is 5.93. The minimum atomic E-state index is 0.443. The van der Waals surface area contributed by atoms with Crippen LogP contribution in [0.5, 0.6) is 0 Å². The molecule has 0 saturated heterocycles. The molecule has 7 heteroatoms. The Morgan fingerprint density at radius 1 is 1.37 bits per heavy atom. The molecule has 0 fully saturated rings. The maximum Gasteiger partial charge on any atom is 0.191 e. The number of hydrogen-bond donors (Lipinski definition) is 1. The van der Waals surface area contributed by atoms with Gasteiger partial charge < -0.3 is 15.0 Å². The molecule has 0 aromatic carbocycles. The molecule has 0 amide bonds. The highest BCUT2D eigenvalue weighted by Crippen LogP contribution is 2.21. The van der Waals surface area contributed by atoms with Gasteiger partial charge in [-0.3, -0.25) is 0 Å². The number of hydrogen-bond acceptors (Lipinski definition) is 6. The van der Waals surface area contributed by atoms with Crippen LogP contribution < -0.4 is 5.73 Å². The van der Waals surface area contributed by atoms with Gasteiger partial charge >= 0.3 is 0 Å². The van der Waals surface area contributed by atoms with E-state index in [-0.39, 0.29) is 0 Å². The van der Waals surface area contributed by atoms with Crippen molar-refractivity contribution >= 4 is 28.7 Å². The fraction of sp³-hybridized carbons (Fsp3) is 0.583. The summed E-state index contributed by atoms with van der Waals surface area (Å²) in [5.41, 5.74) is 7.37. The largest absolute Gasteiger partial charge is 0.382 e. The van der Waals surface area contributed by atoms with E-state index >= 15 is 0 Å². The molecule has 2 heterocycles. The Hall–Kier alpha value is -1.34. The average molecular weight is 281 g/mol. The summed E-state index contributed by atoms with van der Waals surface area (Å²) in [6.07, 6.45) is 2.82.